The van der Waals surface area contributed by atoms with Gasteiger partial charge < -0.3 is 24.3 Å². The van der Waals surface area contributed by atoms with Gasteiger partial charge in [-0.05, 0) is 72.1 Å². The summed E-state index contributed by atoms with van der Waals surface area (Å²) in [4.78, 5) is 18.3. The first-order chi connectivity index (χ1) is 20.7. The summed E-state index contributed by atoms with van der Waals surface area (Å²) in [5.74, 6) is 2.62. The summed E-state index contributed by atoms with van der Waals surface area (Å²) in [7, 11) is 0. The van der Waals surface area contributed by atoms with Crippen molar-refractivity contribution in [2.75, 3.05) is 44.3 Å². The summed E-state index contributed by atoms with van der Waals surface area (Å²) < 4.78 is 11.8. The van der Waals surface area contributed by atoms with Crippen molar-refractivity contribution in [1.82, 2.24) is 19.9 Å². The molecule has 7 heteroatoms. The molecule has 1 atom stereocenters. The van der Waals surface area contributed by atoms with E-state index in [4.69, 9.17) is 19.4 Å². The zero-order valence-electron chi connectivity index (χ0n) is 24.3. The van der Waals surface area contributed by atoms with E-state index in [9.17, 15) is 0 Å². The third kappa shape index (κ3) is 4.98. The van der Waals surface area contributed by atoms with Crippen LogP contribution in [0.2, 0.25) is 0 Å². The van der Waals surface area contributed by atoms with Crippen molar-refractivity contribution >= 4 is 16.9 Å². The Morgan fingerprint density at radius 2 is 1.76 bits per heavy atom. The van der Waals surface area contributed by atoms with Crippen LogP contribution in [0.25, 0.3) is 22.0 Å². The van der Waals surface area contributed by atoms with E-state index < -0.39 is 0 Å². The van der Waals surface area contributed by atoms with Crippen LogP contribution in [-0.4, -0.2) is 59.2 Å². The van der Waals surface area contributed by atoms with Crippen molar-refractivity contribution in [3.63, 3.8) is 0 Å². The zero-order chi connectivity index (χ0) is 28.5. The molecule has 214 valence electrons. The number of para-hydroxylation sites is 1. The number of ether oxygens (including phenoxy) is 2. The molecular formula is C35H37N5O2. The number of aromatic nitrogens is 3. The number of hydrogen-bond donors (Lipinski definition) is 1. The molecule has 0 radical (unpaired) electrons. The number of benzene rings is 3. The molecule has 1 unspecified atom stereocenters. The fourth-order valence-corrected chi connectivity index (χ4v) is 6.37. The van der Waals surface area contributed by atoms with Gasteiger partial charge in [-0.3, -0.25) is 0 Å². The minimum atomic E-state index is -0.00864. The van der Waals surface area contributed by atoms with Gasteiger partial charge in [-0.1, -0.05) is 50.2 Å². The van der Waals surface area contributed by atoms with Gasteiger partial charge in [0, 0.05) is 54.1 Å². The molecule has 0 fully saturated rings. The standard InChI is InChI=1S/C35H37N5O2/c1-3-39(4-2)18-20-41-28-12-9-24(10-13-28)27-22-36-35(37-23-27)40-17-15-30-29-7-5-6-8-31(29)38-33(30)34(40)26-11-14-32-25(21-26)16-19-42-32/h5-14,21-23,34,38H,3-4,15-20H2,1-2H3. The van der Waals surface area contributed by atoms with E-state index >= 15 is 0 Å². The predicted octanol–water partition coefficient (Wildman–Crippen LogP) is 6.43. The number of fused-ring (bicyclic) bond motifs is 4. The molecule has 0 spiro atoms. The van der Waals surface area contributed by atoms with Crippen LogP contribution in [0, 0.1) is 0 Å². The van der Waals surface area contributed by atoms with Gasteiger partial charge in [-0.15, -0.1) is 0 Å². The minimum absolute atomic E-state index is 0.00864. The van der Waals surface area contributed by atoms with Gasteiger partial charge >= 0.3 is 0 Å². The number of rotatable bonds is 9. The lowest BCUT2D eigenvalue weighted by atomic mass is 9.91. The third-order valence-electron chi connectivity index (χ3n) is 8.72. The molecule has 7 rings (SSSR count). The predicted molar refractivity (Wildman–Crippen MR) is 168 cm³/mol. The quantitative estimate of drug-likeness (QED) is 0.224. The highest BCUT2D eigenvalue weighted by Crippen LogP contribution is 2.41. The van der Waals surface area contributed by atoms with Crippen molar-refractivity contribution in [3.8, 4) is 22.6 Å². The van der Waals surface area contributed by atoms with Crippen LogP contribution in [0.1, 0.15) is 42.3 Å². The molecule has 2 aliphatic rings. The fraction of sp³-hybridized carbons (Fsp3) is 0.314. The SMILES string of the molecule is CCN(CC)CCOc1ccc(-c2cnc(N3CCc4c([nH]c5ccccc45)C3c3ccc4c(c3)CCO4)nc2)cc1. The van der Waals surface area contributed by atoms with Gasteiger partial charge in [0.1, 0.15) is 18.1 Å². The zero-order valence-corrected chi connectivity index (χ0v) is 24.3. The number of likely N-dealkylation sites (N-methyl/N-ethyl adjacent to an activating group) is 1. The van der Waals surface area contributed by atoms with E-state index in [0.717, 1.165) is 74.2 Å². The Morgan fingerprint density at radius 1 is 0.952 bits per heavy atom. The highest BCUT2D eigenvalue weighted by atomic mass is 16.5. The molecule has 2 aliphatic heterocycles. The van der Waals surface area contributed by atoms with E-state index in [0.29, 0.717) is 6.61 Å². The molecule has 0 amide bonds. The van der Waals surface area contributed by atoms with Crippen LogP contribution < -0.4 is 14.4 Å². The Kier molecular flexibility index (Phi) is 7.26. The Hall–Kier alpha value is -4.36. The first-order valence-electron chi connectivity index (χ1n) is 15.1. The summed E-state index contributed by atoms with van der Waals surface area (Å²) in [5.41, 5.74) is 8.36. The van der Waals surface area contributed by atoms with E-state index in [1.165, 1.54) is 33.3 Å². The lowest BCUT2D eigenvalue weighted by Crippen LogP contribution is -2.37. The fourth-order valence-electron chi connectivity index (χ4n) is 6.37. The second kappa shape index (κ2) is 11.5. The van der Waals surface area contributed by atoms with Crippen molar-refractivity contribution in [2.45, 2.75) is 32.7 Å². The molecule has 7 nitrogen and oxygen atoms in total. The van der Waals surface area contributed by atoms with Crippen molar-refractivity contribution in [1.29, 1.82) is 0 Å². The molecule has 2 aromatic heterocycles. The normalized spacial score (nSPS) is 16.0. The average Bonchev–Trinajstić information content (AvgIpc) is 3.67. The molecule has 0 bridgehead atoms. The topological polar surface area (TPSA) is 66.5 Å². The molecule has 0 aliphatic carbocycles. The second-order valence-corrected chi connectivity index (χ2v) is 11.0. The number of H-pyrrole nitrogens is 1. The number of anilines is 1. The highest BCUT2D eigenvalue weighted by Gasteiger charge is 2.34. The van der Waals surface area contributed by atoms with Crippen LogP contribution in [0.5, 0.6) is 11.5 Å². The highest BCUT2D eigenvalue weighted by molar-refractivity contribution is 5.86. The average molecular weight is 560 g/mol. The Bertz CT molecular complexity index is 1670. The van der Waals surface area contributed by atoms with Crippen LogP contribution in [0.15, 0.2) is 79.1 Å². The van der Waals surface area contributed by atoms with Gasteiger partial charge in [0.2, 0.25) is 5.95 Å². The Morgan fingerprint density at radius 3 is 2.57 bits per heavy atom. The van der Waals surface area contributed by atoms with E-state index in [1.807, 2.05) is 24.5 Å². The van der Waals surface area contributed by atoms with Crippen LogP contribution in [-0.2, 0) is 12.8 Å². The van der Waals surface area contributed by atoms with Crippen LogP contribution >= 0.6 is 0 Å². The molecule has 0 saturated heterocycles. The van der Waals surface area contributed by atoms with Crippen molar-refractivity contribution < 1.29 is 9.47 Å². The van der Waals surface area contributed by atoms with Gasteiger partial charge in [0.05, 0.1) is 12.6 Å². The summed E-state index contributed by atoms with van der Waals surface area (Å²) >= 11 is 0. The lowest BCUT2D eigenvalue weighted by Gasteiger charge is -2.36. The first kappa shape index (κ1) is 26.5. The van der Waals surface area contributed by atoms with Gasteiger partial charge in [0.25, 0.3) is 0 Å². The number of aromatic amines is 1. The maximum absolute atomic E-state index is 5.97. The van der Waals surface area contributed by atoms with Crippen LogP contribution in [0.3, 0.4) is 0 Å². The summed E-state index contributed by atoms with van der Waals surface area (Å²) in [5, 5.41) is 1.30. The molecule has 4 heterocycles. The third-order valence-corrected chi connectivity index (χ3v) is 8.72. The maximum atomic E-state index is 5.97. The maximum Gasteiger partial charge on any atom is 0.226 e. The minimum Gasteiger partial charge on any atom is -0.493 e. The second-order valence-electron chi connectivity index (χ2n) is 11.0. The molecule has 5 aromatic rings. The lowest BCUT2D eigenvalue weighted by molar-refractivity contribution is 0.223. The summed E-state index contributed by atoms with van der Waals surface area (Å²) in [6, 6.07) is 23.4. The molecular weight excluding hydrogens is 522 g/mol. The van der Waals surface area contributed by atoms with E-state index in [1.54, 1.807) is 0 Å². The summed E-state index contributed by atoms with van der Waals surface area (Å²) in [6.07, 6.45) is 5.75. The largest absolute Gasteiger partial charge is 0.493 e. The summed E-state index contributed by atoms with van der Waals surface area (Å²) in [6.45, 7) is 9.64. The molecule has 0 saturated carbocycles. The Labute approximate surface area is 247 Å². The number of nitrogens with zero attached hydrogens (tertiary/aromatic N) is 4. The number of nitrogens with one attached hydrogen (secondary N) is 1. The van der Waals surface area contributed by atoms with E-state index in [2.05, 4.69) is 83.2 Å². The van der Waals surface area contributed by atoms with Crippen molar-refractivity contribution in [3.05, 3.63) is 102 Å². The monoisotopic (exact) mass is 559 g/mol. The molecule has 42 heavy (non-hydrogen) atoms. The Balaban J connectivity index is 1.15. The molecule has 1 N–H and O–H groups in total. The smallest absolute Gasteiger partial charge is 0.226 e. The van der Waals surface area contributed by atoms with Gasteiger partial charge in [-0.2, -0.15) is 0 Å². The molecule has 3 aromatic carbocycles. The van der Waals surface area contributed by atoms with E-state index in [-0.39, 0.29) is 6.04 Å². The van der Waals surface area contributed by atoms with Gasteiger partial charge in [0.15, 0.2) is 0 Å². The van der Waals surface area contributed by atoms with Crippen molar-refractivity contribution in [2.24, 2.45) is 0 Å². The van der Waals surface area contributed by atoms with Gasteiger partial charge in [-0.25, -0.2) is 9.97 Å². The van der Waals surface area contributed by atoms with Crippen LogP contribution in [0.4, 0.5) is 5.95 Å². The first-order valence-corrected chi connectivity index (χ1v) is 15.1. The number of hydrogen-bond acceptors (Lipinski definition) is 6.